The van der Waals surface area contributed by atoms with Crippen LogP contribution in [-0.2, 0) is 4.79 Å². The number of thiazole rings is 1. The van der Waals surface area contributed by atoms with Crippen molar-refractivity contribution in [1.29, 1.82) is 0 Å². The minimum Gasteiger partial charge on any atom is -0.493 e. The zero-order valence-corrected chi connectivity index (χ0v) is 19.1. The highest BCUT2D eigenvalue weighted by Crippen LogP contribution is 2.38. The van der Waals surface area contributed by atoms with E-state index < -0.39 is 0 Å². The third-order valence-corrected chi connectivity index (χ3v) is 5.81. The molecule has 4 rings (SSSR count). The minimum absolute atomic E-state index is 0.251. The lowest BCUT2D eigenvalue weighted by atomic mass is 10.1. The number of benzene rings is 2. The molecule has 0 atom stereocenters. The van der Waals surface area contributed by atoms with Gasteiger partial charge in [-0.15, -0.1) is 11.3 Å². The van der Waals surface area contributed by atoms with Crippen molar-refractivity contribution in [2.75, 3.05) is 18.7 Å². The summed E-state index contributed by atoms with van der Waals surface area (Å²) < 4.78 is 11.0. The largest absolute Gasteiger partial charge is 0.493 e. The van der Waals surface area contributed by atoms with Gasteiger partial charge >= 0.3 is 0 Å². The Bertz CT molecular complexity index is 1230. The van der Waals surface area contributed by atoms with Crippen molar-refractivity contribution in [2.45, 2.75) is 6.92 Å². The molecule has 0 spiro atoms. The number of carbonyl (C=O) groups excluding carboxylic acids is 1. The Morgan fingerprint density at radius 2 is 2.03 bits per heavy atom. The van der Waals surface area contributed by atoms with Crippen molar-refractivity contribution in [3.8, 4) is 22.8 Å². The zero-order valence-electron chi connectivity index (χ0n) is 17.5. The number of amides is 1. The van der Waals surface area contributed by atoms with Gasteiger partial charge in [0.25, 0.3) is 5.91 Å². The number of hydrazone groups is 1. The molecule has 0 fully saturated rings. The fraction of sp³-hybridized carbons (Fsp3) is 0.125. The Morgan fingerprint density at radius 3 is 2.75 bits per heavy atom. The van der Waals surface area contributed by atoms with Crippen molar-refractivity contribution >= 4 is 45.8 Å². The molecule has 2 heterocycles. The maximum absolute atomic E-state index is 13.1. The first kappa shape index (κ1) is 21.8. The van der Waals surface area contributed by atoms with E-state index in [4.69, 9.17) is 21.1 Å². The molecule has 3 aromatic rings. The molecule has 162 valence electrons. The van der Waals surface area contributed by atoms with E-state index in [1.54, 1.807) is 31.2 Å². The maximum Gasteiger partial charge on any atom is 0.282 e. The molecule has 0 aliphatic carbocycles. The third-order valence-electron chi connectivity index (χ3n) is 4.71. The standard InChI is InChI=1S/C24H20ClN3O3S/c1-4-10-31-22-19(25)12-16(13-21(22)30-3)11-18-15(2)27-28(23(18)29)24-26-20(14-32-24)17-8-6-5-7-9-17/h4-9,11-14H,1,10H2,2-3H3. The van der Waals surface area contributed by atoms with Crippen molar-refractivity contribution < 1.29 is 14.3 Å². The van der Waals surface area contributed by atoms with Gasteiger partial charge in [-0.3, -0.25) is 4.79 Å². The average Bonchev–Trinajstić information content (AvgIpc) is 3.39. The van der Waals surface area contributed by atoms with E-state index in [-0.39, 0.29) is 5.91 Å². The molecule has 0 saturated heterocycles. The van der Waals surface area contributed by atoms with Gasteiger partial charge < -0.3 is 9.47 Å². The fourth-order valence-electron chi connectivity index (χ4n) is 3.19. The van der Waals surface area contributed by atoms with Crippen LogP contribution >= 0.6 is 22.9 Å². The molecule has 1 aliphatic rings. The average molecular weight is 466 g/mol. The van der Waals surface area contributed by atoms with Crippen molar-refractivity contribution in [3.63, 3.8) is 0 Å². The number of methoxy groups -OCH3 is 1. The lowest BCUT2D eigenvalue weighted by Crippen LogP contribution is -2.21. The predicted molar refractivity (Wildman–Crippen MR) is 130 cm³/mol. The van der Waals surface area contributed by atoms with Gasteiger partial charge in [-0.25, -0.2) is 4.98 Å². The lowest BCUT2D eigenvalue weighted by Gasteiger charge is -2.12. The van der Waals surface area contributed by atoms with Crippen LogP contribution in [-0.4, -0.2) is 30.3 Å². The van der Waals surface area contributed by atoms with Crippen molar-refractivity contribution in [2.24, 2.45) is 5.10 Å². The van der Waals surface area contributed by atoms with Gasteiger partial charge in [0.15, 0.2) is 11.5 Å². The summed E-state index contributed by atoms with van der Waals surface area (Å²) in [5.41, 5.74) is 3.53. The second kappa shape index (κ2) is 9.38. The fourth-order valence-corrected chi connectivity index (χ4v) is 4.24. The van der Waals surface area contributed by atoms with Crippen LogP contribution in [0, 0.1) is 0 Å². The summed E-state index contributed by atoms with van der Waals surface area (Å²) in [7, 11) is 1.53. The Balaban J connectivity index is 1.62. The van der Waals surface area contributed by atoms with Gasteiger partial charge in [-0.2, -0.15) is 10.1 Å². The first-order chi connectivity index (χ1) is 15.5. The normalized spacial score (nSPS) is 14.6. The lowest BCUT2D eigenvalue weighted by molar-refractivity contribution is -0.114. The first-order valence-electron chi connectivity index (χ1n) is 9.75. The summed E-state index contributed by atoms with van der Waals surface area (Å²) in [4.78, 5) is 17.7. The SMILES string of the molecule is C=CCOc1c(Cl)cc(C=C2C(=O)N(c3nc(-c4ccccc4)cs3)N=C2C)cc1OC. The number of hydrogen-bond acceptors (Lipinski definition) is 6. The Hall–Kier alpha value is -3.42. The van der Waals surface area contributed by atoms with Crippen LogP contribution in [0.4, 0.5) is 5.13 Å². The Kier molecular flexibility index (Phi) is 6.39. The number of rotatable bonds is 7. The van der Waals surface area contributed by atoms with E-state index in [0.717, 1.165) is 11.3 Å². The van der Waals surface area contributed by atoms with Crippen LogP contribution in [0.1, 0.15) is 12.5 Å². The van der Waals surface area contributed by atoms with E-state index >= 15 is 0 Å². The smallest absolute Gasteiger partial charge is 0.282 e. The molecule has 0 bridgehead atoms. The van der Waals surface area contributed by atoms with Crippen LogP contribution in [0.5, 0.6) is 11.5 Å². The van der Waals surface area contributed by atoms with Crippen LogP contribution in [0.25, 0.3) is 17.3 Å². The third kappa shape index (κ3) is 4.30. The molecule has 6 nitrogen and oxygen atoms in total. The number of carbonyl (C=O) groups is 1. The highest BCUT2D eigenvalue weighted by molar-refractivity contribution is 7.14. The monoisotopic (exact) mass is 465 g/mol. The van der Waals surface area contributed by atoms with E-state index in [0.29, 0.717) is 45.1 Å². The molecule has 0 saturated carbocycles. The molecule has 0 N–H and O–H groups in total. The maximum atomic E-state index is 13.1. The number of anilines is 1. The van der Waals surface area contributed by atoms with Gasteiger partial charge in [0.1, 0.15) is 6.61 Å². The molecule has 0 unspecified atom stereocenters. The minimum atomic E-state index is -0.251. The van der Waals surface area contributed by atoms with Gasteiger partial charge in [-0.1, -0.05) is 54.6 Å². The summed E-state index contributed by atoms with van der Waals surface area (Å²) in [6.07, 6.45) is 3.36. The molecular formula is C24H20ClN3O3S. The molecule has 2 aromatic carbocycles. The first-order valence-corrected chi connectivity index (χ1v) is 11.0. The Morgan fingerprint density at radius 1 is 1.25 bits per heavy atom. The molecule has 1 aromatic heterocycles. The Labute approximate surface area is 195 Å². The summed E-state index contributed by atoms with van der Waals surface area (Å²) in [6, 6.07) is 13.3. The molecule has 1 amide bonds. The molecule has 0 radical (unpaired) electrons. The number of aromatic nitrogens is 1. The van der Waals surface area contributed by atoms with Crippen molar-refractivity contribution in [1.82, 2.24) is 4.98 Å². The zero-order chi connectivity index (χ0) is 22.7. The summed E-state index contributed by atoms with van der Waals surface area (Å²) >= 11 is 7.76. The number of halogens is 1. The van der Waals surface area contributed by atoms with Crippen LogP contribution in [0.3, 0.4) is 0 Å². The number of hydrogen-bond donors (Lipinski definition) is 0. The quantitative estimate of drug-likeness (QED) is 0.324. The summed E-state index contributed by atoms with van der Waals surface area (Å²) in [6.45, 7) is 5.72. The second-order valence-corrected chi connectivity index (χ2v) is 8.12. The van der Waals surface area contributed by atoms with Gasteiger partial charge in [0.05, 0.1) is 29.1 Å². The van der Waals surface area contributed by atoms with Gasteiger partial charge in [0, 0.05) is 10.9 Å². The van der Waals surface area contributed by atoms with Crippen LogP contribution in [0.2, 0.25) is 5.02 Å². The summed E-state index contributed by atoms with van der Waals surface area (Å²) in [5, 5.41) is 8.56. The van der Waals surface area contributed by atoms with E-state index in [9.17, 15) is 4.79 Å². The molecular weight excluding hydrogens is 446 g/mol. The topological polar surface area (TPSA) is 64.0 Å². The van der Waals surface area contributed by atoms with Crippen LogP contribution < -0.4 is 14.5 Å². The van der Waals surface area contributed by atoms with E-state index in [1.807, 2.05) is 35.7 Å². The van der Waals surface area contributed by atoms with E-state index in [2.05, 4.69) is 16.7 Å². The van der Waals surface area contributed by atoms with Gasteiger partial charge in [0.2, 0.25) is 5.13 Å². The summed E-state index contributed by atoms with van der Waals surface area (Å²) in [5.74, 6) is 0.645. The van der Waals surface area contributed by atoms with Gasteiger partial charge in [-0.05, 0) is 30.7 Å². The second-order valence-electron chi connectivity index (χ2n) is 6.88. The number of nitrogens with zero attached hydrogens (tertiary/aromatic N) is 3. The van der Waals surface area contributed by atoms with Crippen LogP contribution in [0.15, 0.2) is 71.2 Å². The van der Waals surface area contributed by atoms with Crippen molar-refractivity contribution in [3.05, 3.63) is 76.7 Å². The molecule has 8 heteroatoms. The molecule has 1 aliphatic heterocycles. The highest BCUT2D eigenvalue weighted by Gasteiger charge is 2.31. The predicted octanol–water partition coefficient (Wildman–Crippen LogP) is 5.84. The number of ether oxygens (including phenoxy) is 2. The molecule has 32 heavy (non-hydrogen) atoms. The highest BCUT2D eigenvalue weighted by atomic mass is 35.5. The van der Waals surface area contributed by atoms with E-state index in [1.165, 1.54) is 23.5 Å².